The lowest BCUT2D eigenvalue weighted by atomic mass is 10.3. The van der Waals surface area contributed by atoms with Crippen LogP contribution in [0.5, 0.6) is 5.75 Å². The molecule has 0 aliphatic carbocycles. The molecule has 0 saturated carbocycles. The minimum absolute atomic E-state index is 0.108. The second-order valence-corrected chi connectivity index (χ2v) is 2.58. The third-order valence-electron chi connectivity index (χ3n) is 1.29. The molecular weight excluding hydrogens is 187 g/mol. The first-order valence-electron chi connectivity index (χ1n) is 3.86. The standard InChI is InChI=1S/C9H9FN2O2/c1-6(11)12-9(13)14-8-4-2-7(10)3-5-8/h2-5H,1H3,(H2,11,12,13). The van der Waals surface area contributed by atoms with E-state index in [4.69, 9.17) is 10.5 Å². The quantitative estimate of drug-likeness (QED) is 0.549. The van der Waals surface area contributed by atoms with Crippen LogP contribution in [0.15, 0.2) is 29.3 Å². The fourth-order valence-electron chi connectivity index (χ4n) is 0.770. The third kappa shape index (κ3) is 3.22. The lowest BCUT2D eigenvalue weighted by molar-refractivity contribution is 0.211. The molecule has 1 aromatic carbocycles. The van der Waals surface area contributed by atoms with Gasteiger partial charge in [-0.25, -0.2) is 9.18 Å². The van der Waals surface area contributed by atoms with Gasteiger partial charge in [-0.15, -0.1) is 0 Å². The minimum Gasteiger partial charge on any atom is -0.409 e. The van der Waals surface area contributed by atoms with Crippen LogP contribution in [0.4, 0.5) is 9.18 Å². The van der Waals surface area contributed by atoms with E-state index in [-0.39, 0.29) is 11.6 Å². The molecule has 0 aliphatic rings. The van der Waals surface area contributed by atoms with Gasteiger partial charge < -0.3 is 10.5 Å². The molecule has 0 heterocycles. The van der Waals surface area contributed by atoms with Crippen molar-refractivity contribution in [3.8, 4) is 5.75 Å². The maximum absolute atomic E-state index is 12.4. The summed E-state index contributed by atoms with van der Waals surface area (Å²) in [6.45, 7) is 1.46. The number of hydrogen-bond donors (Lipinski definition) is 1. The molecule has 5 heteroatoms. The largest absolute Gasteiger partial charge is 0.440 e. The summed E-state index contributed by atoms with van der Waals surface area (Å²) in [5.41, 5.74) is 5.16. The second kappa shape index (κ2) is 4.36. The predicted octanol–water partition coefficient (Wildman–Crippen LogP) is 1.70. The molecule has 74 valence electrons. The van der Waals surface area contributed by atoms with Crippen LogP contribution in [-0.2, 0) is 0 Å². The summed E-state index contributed by atoms with van der Waals surface area (Å²) < 4.78 is 17.2. The van der Waals surface area contributed by atoms with Gasteiger partial charge >= 0.3 is 6.09 Å². The van der Waals surface area contributed by atoms with Crippen molar-refractivity contribution in [1.29, 1.82) is 0 Å². The Morgan fingerprint density at radius 3 is 2.50 bits per heavy atom. The highest BCUT2D eigenvalue weighted by Gasteiger charge is 2.02. The average Bonchev–Trinajstić information content (AvgIpc) is 2.07. The van der Waals surface area contributed by atoms with Crippen molar-refractivity contribution in [2.45, 2.75) is 6.92 Å². The Kier molecular flexibility index (Phi) is 3.17. The lowest BCUT2D eigenvalue weighted by Crippen LogP contribution is -2.11. The number of benzene rings is 1. The monoisotopic (exact) mass is 196 g/mol. The number of aliphatic imine (C=N–C) groups is 1. The molecule has 4 nitrogen and oxygen atoms in total. The van der Waals surface area contributed by atoms with Crippen LogP contribution < -0.4 is 10.5 Å². The number of rotatable bonds is 1. The summed E-state index contributed by atoms with van der Waals surface area (Å²) in [5, 5.41) is 0. The summed E-state index contributed by atoms with van der Waals surface area (Å²) in [5.74, 6) is -0.0678. The normalized spacial score (nSPS) is 11.1. The van der Waals surface area contributed by atoms with Crippen LogP contribution >= 0.6 is 0 Å². The van der Waals surface area contributed by atoms with E-state index in [1.807, 2.05) is 0 Å². The number of ether oxygens (including phenoxy) is 1. The van der Waals surface area contributed by atoms with E-state index >= 15 is 0 Å². The van der Waals surface area contributed by atoms with Gasteiger partial charge in [-0.3, -0.25) is 0 Å². The molecule has 0 spiro atoms. The van der Waals surface area contributed by atoms with Gasteiger partial charge in [0.25, 0.3) is 0 Å². The van der Waals surface area contributed by atoms with Crippen LogP contribution in [0, 0.1) is 5.82 Å². The summed E-state index contributed by atoms with van der Waals surface area (Å²) >= 11 is 0. The highest BCUT2D eigenvalue weighted by Crippen LogP contribution is 2.11. The minimum atomic E-state index is -0.823. The molecule has 14 heavy (non-hydrogen) atoms. The molecule has 1 rings (SSSR count). The van der Waals surface area contributed by atoms with Gasteiger partial charge in [0.1, 0.15) is 17.4 Å². The number of nitrogens with zero attached hydrogens (tertiary/aromatic N) is 1. The Morgan fingerprint density at radius 1 is 1.43 bits per heavy atom. The molecule has 0 bridgehead atoms. The molecule has 0 atom stereocenters. The zero-order valence-corrected chi connectivity index (χ0v) is 7.53. The first-order valence-corrected chi connectivity index (χ1v) is 3.86. The van der Waals surface area contributed by atoms with Crippen molar-refractivity contribution in [1.82, 2.24) is 0 Å². The van der Waals surface area contributed by atoms with Gasteiger partial charge in [-0.1, -0.05) is 0 Å². The predicted molar refractivity (Wildman–Crippen MR) is 49.7 cm³/mol. The van der Waals surface area contributed by atoms with Crippen LogP contribution in [0.3, 0.4) is 0 Å². The Balaban J connectivity index is 2.66. The van der Waals surface area contributed by atoms with Gasteiger partial charge in [0, 0.05) is 0 Å². The number of carbonyl (C=O) groups excluding carboxylic acids is 1. The van der Waals surface area contributed by atoms with E-state index < -0.39 is 11.9 Å². The van der Waals surface area contributed by atoms with Crippen molar-refractivity contribution >= 4 is 11.9 Å². The Bertz CT molecular complexity index is 356. The second-order valence-electron chi connectivity index (χ2n) is 2.58. The highest BCUT2D eigenvalue weighted by atomic mass is 19.1. The smallest absolute Gasteiger partial charge is 0.409 e. The molecular formula is C9H9FN2O2. The van der Waals surface area contributed by atoms with Crippen molar-refractivity contribution in [2.75, 3.05) is 0 Å². The summed E-state index contributed by atoms with van der Waals surface area (Å²) in [7, 11) is 0. The molecule has 1 amide bonds. The van der Waals surface area contributed by atoms with E-state index in [1.165, 1.54) is 31.2 Å². The Labute approximate surface area is 80.2 Å². The van der Waals surface area contributed by atoms with E-state index in [2.05, 4.69) is 4.99 Å². The van der Waals surface area contributed by atoms with Crippen LogP contribution in [0.2, 0.25) is 0 Å². The van der Waals surface area contributed by atoms with Gasteiger partial charge in [0.2, 0.25) is 0 Å². The maximum Gasteiger partial charge on any atom is 0.440 e. The third-order valence-corrected chi connectivity index (χ3v) is 1.29. The van der Waals surface area contributed by atoms with Crippen molar-refractivity contribution in [3.63, 3.8) is 0 Å². The molecule has 0 aromatic heterocycles. The number of nitrogens with two attached hydrogens (primary N) is 1. The fourth-order valence-corrected chi connectivity index (χ4v) is 0.770. The average molecular weight is 196 g/mol. The number of hydrogen-bond acceptors (Lipinski definition) is 2. The maximum atomic E-state index is 12.4. The number of carbonyl (C=O) groups is 1. The summed E-state index contributed by atoms with van der Waals surface area (Å²) in [6, 6.07) is 5.02. The summed E-state index contributed by atoms with van der Waals surface area (Å²) in [4.78, 5) is 14.3. The van der Waals surface area contributed by atoms with E-state index in [1.54, 1.807) is 0 Å². The number of amidine groups is 1. The molecule has 2 N–H and O–H groups in total. The topological polar surface area (TPSA) is 64.7 Å². The fraction of sp³-hybridized carbons (Fsp3) is 0.111. The van der Waals surface area contributed by atoms with Crippen molar-refractivity contribution < 1.29 is 13.9 Å². The van der Waals surface area contributed by atoms with Gasteiger partial charge in [-0.05, 0) is 31.2 Å². The molecule has 1 aromatic rings. The van der Waals surface area contributed by atoms with Crippen molar-refractivity contribution in [3.05, 3.63) is 30.1 Å². The molecule has 0 saturated heterocycles. The van der Waals surface area contributed by atoms with E-state index in [0.717, 1.165) is 0 Å². The van der Waals surface area contributed by atoms with Gasteiger partial charge in [0.05, 0.1) is 0 Å². The highest BCUT2D eigenvalue weighted by molar-refractivity contribution is 5.89. The van der Waals surface area contributed by atoms with Gasteiger partial charge in [-0.2, -0.15) is 4.99 Å². The van der Waals surface area contributed by atoms with Gasteiger partial charge in [0.15, 0.2) is 0 Å². The Hall–Kier alpha value is -1.91. The first-order chi connectivity index (χ1) is 6.58. The van der Waals surface area contributed by atoms with E-state index in [9.17, 15) is 9.18 Å². The first kappa shape index (κ1) is 10.2. The Morgan fingerprint density at radius 2 is 2.00 bits per heavy atom. The van der Waals surface area contributed by atoms with Crippen molar-refractivity contribution in [2.24, 2.45) is 10.7 Å². The van der Waals surface area contributed by atoms with Crippen LogP contribution in [0.25, 0.3) is 0 Å². The summed E-state index contributed by atoms with van der Waals surface area (Å²) in [6.07, 6.45) is -0.823. The molecule has 0 aliphatic heterocycles. The zero-order valence-electron chi connectivity index (χ0n) is 7.53. The molecule has 0 unspecified atom stereocenters. The number of halogens is 1. The zero-order chi connectivity index (χ0) is 10.6. The SMILES string of the molecule is C/C(N)=N/C(=O)Oc1ccc(F)cc1. The van der Waals surface area contributed by atoms with Crippen LogP contribution in [-0.4, -0.2) is 11.9 Å². The number of amides is 1. The van der Waals surface area contributed by atoms with E-state index in [0.29, 0.717) is 0 Å². The molecule has 0 fully saturated rings. The van der Waals surface area contributed by atoms with Crippen LogP contribution in [0.1, 0.15) is 6.92 Å². The lowest BCUT2D eigenvalue weighted by Gasteiger charge is -1.99. The molecule has 0 radical (unpaired) electrons.